The zero-order valence-electron chi connectivity index (χ0n) is 19.1. The molecule has 0 amide bonds. The van der Waals surface area contributed by atoms with E-state index in [4.69, 9.17) is 26.5 Å². The first-order valence-corrected chi connectivity index (χ1v) is 11.9. The van der Waals surface area contributed by atoms with E-state index < -0.39 is 5.97 Å². The predicted octanol–water partition coefficient (Wildman–Crippen LogP) is 3.72. The summed E-state index contributed by atoms with van der Waals surface area (Å²) in [5, 5.41) is 24.3. The summed E-state index contributed by atoms with van der Waals surface area (Å²) in [5.41, 5.74) is 3.17. The van der Waals surface area contributed by atoms with Crippen molar-refractivity contribution in [3.63, 3.8) is 0 Å². The number of hydrogen-bond acceptors (Lipinski definition) is 7. The van der Waals surface area contributed by atoms with Crippen LogP contribution in [0.15, 0.2) is 24.4 Å². The second-order valence-electron chi connectivity index (χ2n) is 8.09. The van der Waals surface area contributed by atoms with E-state index in [0.717, 1.165) is 48.7 Å². The van der Waals surface area contributed by atoms with Crippen LogP contribution in [0.1, 0.15) is 37.9 Å². The van der Waals surface area contributed by atoms with Crippen LogP contribution >= 0.6 is 22.9 Å². The zero-order chi connectivity index (χ0) is 22.7. The molecule has 0 spiro atoms. The Kier molecular flexibility index (Phi) is 8.96. The van der Waals surface area contributed by atoms with Gasteiger partial charge in [0.15, 0.2) is 0 Å². The molecule has 0 saturated carbocycles. The van der Waals surface area contributed by atoms with Crippen LogP contribution < -0.4 is 4.74 Å². The number of halogens is 1. The van der Waals surface area contributed by atoms with Crippen molar-refractivity contribution < 1.29 is 14.6 Å². The van der Waals surface area contributed by atoms with Gasteiger partial charge in [-0.3, -0.25) is 4.79 Å². The first-order chi connectivity index (χ1) is 15.4. The van der Waals surface area contributed by atoms with Gasteiger partial charge in [-0.1, -0.05) is 22.9 Å². The van der Waals surface area contributed by atoms with Crippen molar-refractivity contribution in [3.8, 4) is 21.5 Å². The molecule has 0 aliphatic carbocycles. The maximum absolute atomic E-state index is 10.7. The van der Waals surface area contributed by atoms with Crippen LogP contribution in [-0.2, 0) is 17.6 Å². The van der Waals surface area contributed by atoms with E-state index in [1.54, 1.807) is 0 Å². The fraction of sp³-hybridized carbons (Fsp3) is 0.455. The van der Waals surface area contributed by atoms with Gasteiger partial charge in [0.2, 0.25) is 5.13 Å². The average Bonchev–Trinajstić information content (AvgIpc) is 3.34. The predicted molar refractivity (Wildman–Crippen MR) is 130 cm³/mol. The van der Waals surface area contributed by atoms with Crippen LogP contribution in [0.3, 0.4) is 0 Å². The monoisotopic (exact) mass is 482 g/mol. The first-order valence-electron chi connectivity index (χ1n) is 10.7. The Balaban J connectivity index is 0.00000306. The Morgan fingerprint density at radius 3 is 2.79 bits per heavy atom. The molecular formula is C22H26ClLiN5O3S. The van der Waals surface area contributed by atoms with Gasteiger partial charge in [-0.15, -0.1) is 10.2 Å². The standard InChI is InChI=1S/C22H26ClN5O3S.Li/c1-14(2)31-19-6-5-15(12-17(19)23)21-24-25-22(32-21)28-13-16-7-10-27(9-3-4-20(29)30)11-8-18(16)26-28;/h5-6,12-14H,3-4,7-11H2,1-2H3,(H,29,30);. The Morgan fingerprint density at radius 1 is 1.27 bits per heavy atom. The number of rotatable bonds is 8. The summed E-state index contributed by atoms with van der Waals surface area (Å²) in [6, 6.07) is 5.64. The fourth-order valence-corrected chi connectivity index (χ4v) is 4.70. The number of aliphatic carboxylic acids is 1. The number of carboxylic acid groups (broad SMARTS) is 1. The molecule has 1 radical (unpaired) electrons. The van der Waals surface area contributed by atoms with E-state index in [9.17, 15) is 4.79 Å². The third kappa shape index (κ3) is 6.58. The molecule has 1 aliphatic rings. The number of carbonyl (C=O) groups is 1. The number of nitrogens with zero attached hydrogens (tertiary/aromatic N) is 5. The van der Waals surface area contributed by atoms with Crippen molar-refractivity contribution >= 4 is 47.8 Å². The van der Waals surface area contributed by atoms with Crippen molar-refractivity contribution in [1.29, 1.82) is 0 Å². The number of hydrogen-bond donors (Lipinski definition) is 1. The van der Waals surface area contributed by atoms with E-state index in [0.29, 0.717) is 22.3 Å². The van der Waals surface area contributed by atoms with Crippen molar-refractivity contribution in [2.45, 2.75) is 45.6 Å². The minimum absolute atomic E-state index is 0. The molecule has 11 heteroatoms. The zero-order valence-corrected chi connectivity index (χ0v) is 20.7. The van der Waals surface area contributed by atoms with Gasteiger partial charge in [0, 0.05) is 56.6 Å². The Bertz CT molecular complexity index is 1080. The Morgan fingerprint density at radius 2 is 2.06 bits per heavy atom. The summed E-state index contributed by atoms with van der Waals surface area (Å²) < 4.78 is 7.51. The van der Waals surface area contributed by atoms with Gasteiger partial charge in [0.05, 0.1) is 16.8 Å². The molecule has 2 aromatic heterocycles. The minimum Gasteiger partial charge on any atom is -0.489 e. The second-order valence-corrected chi connectivity index (χ2v) is 9.45. The van der Waals surface area contributed by atoms with Crippen molar-refractivity contribution in [2.24, 2.45) is 0 Å². The average molecular weight is 483 g/mol. The van der Waals surface area contributed by atoms with Gasteiger partial charge in [-0.25, -0.2) is 4.68 Å². The third-order valence-electron chi connectivity index (χ3n) is 5.26. The van der Waals surface area contributed by atoms with Crippen LogP contribution in [0.2, 0.25) is 5.02 Å². The molecule has 3 aromatic rings. The molecule has 3 heterocycles. The van der Waals surface area contributed by atoms with E-state index in [1.807, 2.05) is 42.9 Å². The molecule has 0 fully saturated rings. The van der Waals surface area contributed by atoms with Crippen molar-refractivity contribution in [2.75, 3.05) is 19.6 Å². The summed E-state index contributed by atoms with van der Waals surface area (Å²) in [4.78, 5) is 13.0. The third-order valence-corrected chi connectivity index (χ3v) is 6.51. The fourth-order valence-electron chi connectivity index (χ4n) is 3.70. The summed E-state index contributed by atoms with van der Waals surface area (Å²) in [7, 11) is 0. The van der Waals surface area contributed by atoms with E-state index in [-0.39, 0.29) is 31.4 Å². The quantitative estimate of drug-likeness (QED) is 0.489. The maximum Gasteiger partial charge on any atom is 0.303 e. The molecule has 1 N–H and O–H groups in total. The van der Waals surface area contributed by atoms with Crippen LogP contribution in [-0.4, -0.2) is 80.6 Å². The molecule has 1 aliphatic heterocycles. The second kappa shape index (κ2) is 11.5. The van der Waals surface area contributed by atoms with Crippen LogP contribution in [0.4, 0.5) is 0 Å². The van der Waals surface area contributed by atoms with E-state index in [1.165, 1.54) is 16.9 Å². The van der Waals surface area contributed by atoms with Gasteiger partial charge >= 0.3 is 5.97 Å². The topological polar surface area (TPSA) is 93.4 Å². The van der Waals surface area contributed by atoms with Gasteiger partial charge in [-0.2, -0.15) is 5.10 Å². The molecule has 33 heavy (non-hydrogen) atoms. The van der Waals surface area contributed by atoms with E-state index in [2.05, 4.69) is 15.1 Å². The molecule has 0 unspecified atom stereocenters. The molecule has 171 valence electrons. The molecule has 0 saturated heterocycles. The minimum atomic E-state index is -0.738. The van der Waals surface area contributed by atoms with Gasteiger partial charge in [0.25, 0.3) is 0 Å². The molecular weight excluding hydrogens is 457 g/mol. The number of carboxylic acids is 1. The van der Waals surface area contributed by atoms with Gasteiger partial charge in [0.1, 0.15) is 10.8 Å². The molecule has 0 bridgehead atoms. The number of aromatic nitrogens is 4. The molecule has 0 atom stereocenters. The number of ether oxygens (including phenoxy) is 1. The summed E-state index contributed by atoms with van der Waals surface area (Å²) >= 11 is 7.83. The van der Waals surface area contributed by atoms with Crippen LogP contribution in [0.25, 0.3) is 15.7 Å². The number of fused-ring (bicyclic) bond motifs is 1. The van der Waals surface area contributed by atoms with Crippen LogP contribution in [0, 0.1) is 0 Å². The summed E-state index contributed by atoms with van der Waals surface area (Å²) in [6.45, 7) is 6.52. The van der Waals surface area contributed by atoms with Crippen molar-refractivity contribution in [3.05, 3.63) is 40.7 Å². The molecule has 4 rings (SSSR count). The van der Waals surface area contributed by atoms with Crippen LogP contribution in [0.5, 0.6) is 5.75 Å². The maximum atomic E-state index is 10.7. The van der Waals surface area contributed by atoms with Gasteiger partial charge < -0.3 is 14.7 Å². The molecule has 8 nitrogen and oxygen atoms in total. The van der Waals surface area contributed by atoms with E-state index >= 15 is 0 Å². The van der Waals surface area contributed by atoms with Crippen molar-refractivity contribution in [1.82, 2.24) is 24.9 Å². The summed E-state index contributed by atoms with van der Waals surface area (Å²) in [6.07, 6.45) is 4.71. The normalized spacial score (nSPS) is 13.9. The molecule has 1 aromatic carbocycles. The smallest absolute Gasteiger partial charge is 0.303 e. The van der Waals surface area contributed by atoms with Gasteiger partial charge in [-0.05, 0) is 57.0 Å². The number of benzene rings is 1. The Hall–Kier alpha value is -1.89. The Labute approximate surface area is 214 Å². The largest absolute Gasteiger partial charge is 0.489 e. The first kappa shape index (κ1) is 25.7. The SMILES string of the molecule is CC(C)Oc1ccc(-c2nnc(-n3cc4c(n3)CCN(CCCC(=O)O)CC4)s2)cc1Cl.[Li]. The summed E-state index contributed by atoms with van der Waals surface area (Å²) in [5.74, 6) is -0.0825.